The van der Waals surface area contributed by atoms with Gasteiger partial charge in [-0.15, -0.1) is 0 Å². The van der Waals surface area contributed by atoms with E-state index in [-0.39, 0.29) is 29.7 Å². The standard InChI is InChI=1S/C37H43N3O5S/c1-27(2)24-38-37(42)35(23-30-13-8-6-9-14-30)39(25-31-15-12-16-33(22-31)45-5)36(41)26-40(32-20-28(3)19-29(4)21-32)46(43,44)34-17-10-7-11-18-34/h6-22,27,35H,23-26H2,1-5H3,(H,38,42)/t35-/m1/s1. The minimum atomic E-state index is -4.16. The normalized spacial score (nSPS) is 12.0. The highest BCUT2D eigenvalue weighted by molar-refractivity contribution is 7.92. The Bertz CT molecular complexity index is 1710. The summed E-state index contributed by atoms with van der Waals surface area (Å²) in [6.07, 6.45) is 0.246. The quantitative estimate of drug-likeness (QED) is 0.185. The Hall–Kier alpha value is -4.63. The lowest BCUT2D eigenvalue weighted by Gasteiger charge is -2.34. The topological polar surface area (TPSA) is 96.0 Å². The Kier molecular flexibility index (Phi) is 11.6. The number of nitrogens with zero attached hydrogens (tertiary/aromatic N) is 2. The van der Waals surface area contributed by atoms with Gasteiger partial charge >= 0.3 is 0 Å². The molecular weight excluding hydrogens is 598 g/mol. The van der Waals surface area contributed by atoms with Crippen LogP contribution in [-0.4, -0.2) is 51.4 Å². The van der Waals surface area contributed by atoms with E-state index in [0.717, 1.165) is 26.6 Å². The largest absolute Gasteiger partial charge is 0.497 e. The molecule has 1 N–H and O–H groups in total. The van der Waals surface area contributed by atoms with E-state index in [0.29, 0.717) is 18.0 Å². The van der Waals surface area contributed by atoms with Crippen LogP contribution in [0, 0.1) is 19.8 Å². The Morgan fingerprint density at radius 3 is 2.02 bits per heavy atom. The van der Waals surface area contributed by atoms with E-state index in [4.69, 9.17) is 4.74 Å². The van der Waals surface area contributed by atoms with Crippen molar-refractivity contribution in [1.82, 2.24) is 10.2 Å². The van der Waals surface area contributed by atoms with Gasteiger partial charge in [0.25, 0.3) is 10.0 Å². The molecule has 0 spiro atoms. The minimum absolute atomic E-state index is 0.0642. The van der Waals surface area contributed by atoms with Crippen LogP contribution < -0.4 is 14.4 Å². The van der Waals surface area contributed by atoms with Crippen LogP contribution in [0.2, 0.25) is 0 Å². The molecule has 0 saturated heterocycles. The number of methoxy groups -OCH3 is 1. The molecule has 0 aliphatic heterocycles. The fraction of sp³-hybridized carbons (Fsp3) is 0.297. The summed E-state index contributed by atoms with van der Waals surface area (Å²) in [4.78, 5) is 30.1. The second kappa shape index (κ2) is 15.6. The van der Waals surface area contributed by atoms with Crippen molar-refractivity contribution in [2.75, 3.05) is 24.5 Å². The zero-order chi connectivity index (χ0) is 33.3. The second-order valence-electron chi connectivity index (χ2n) is 11.9. The third-order valence-electron chi connectivity index (χ3n) is 7.55. The molecule has 0 aromatic heterocycles. The van der Waals surface area contributed by atoms with Gasteiger partial charge in [-0.2, -0.15) is 0 Å². The van der Waals surface area contributed by atoms with Crippen molar-refractivity contribution in [3.63, 3.8) is 0 Å². The molecule has 4 aromatic rings. The Labute approximate surface area is 273 Å². The van der Waals surface area contributed by atoms with E-state index < -0.39 is 28.5 Å². The van der Waals surface area contributed by atoms with Gasteiger partial charge in [0.15, 0.2) is 0 Å². The van der Waals surface area contributed by atoms with E-state index in [1.54, 1.807) is 43.5 Å². The molecule has 0 aliphatic carbocycles. The first-order valence-electron chi connectivity index (χ1n) is 15.4. The fourth-order valence-electron chi connectivity index (χ4n) is 5.29. The smallest absolute Gasteiger partial charge is 0.264 e. The van der Waals surface area contributed by atoms with Crippen LogP contribution in [0.25, 0.3) is 0 Å². The molecule has 0 fully saturated rings. The lowest BCUT2D eigenvalue weighted by atomic mass is 10.0. The monoisotopic (exact) mass is 641 g/mol. The molecule has 0 aliphatic rings. The average Bonchev–Trinajstić information content (AvgIpc) is 3.04. The first kappa shape index (κ1) is 34.2. The molecule has 0 unspecified atom stereocenters. The number of ether oxygens (including phenoxy) is 1. The van der Waals surface area contributed by atoms with Gasteiger partial charge in [-0.3, -0.25) is 13.9 Å². The van der Waals surface area contributed by atoms with E-state index in [1.807, 2.05) is 82.3 Å². The summed E-state index contributed by atoms with van der Waals surface area (Å²) in [7, 11) is -2.60. The molecule has 2 amide bonds. The Morgan fingerprint density at radius 1 is 0.804 bits per heavy atom. The van der Waals surface area contributed by atoms with Crippen LogP contribution in [0.3, 0.4) is 0 Å². The molecule has 0 bridgehead atoms. The van der Waals surface area contributed by atoms with Crippen LogP contribution in [0.1, 0.15) is 36.1 Å². The van der Waals surface area contributed by atoms with E-state index >= 15 is 0 Å². The molecular formula is C37H43N3O5S. The van der Waals surface area contributed by atoms with E-state index in [2.05, 4.69) is 5.32 Å². The van der Waals surface area contributed by atoms with Crippen LogP contribution >= 0.6 is 0 Å². The third kappa shape index (κ3) is 8.97. The third-order valence-corrected chi connectivity index (χ3v) is 9.34. The molecule has 0 saturated carbocycles. The molecule has 9 heteroatoms. The molecule has 8 nitrogen and oxygen atoms in total. The van der Waals surface area contributed by atoms with Crippen molar-refractivity contribution in [2.45, 2.75) is 51.6 Å². The lowest BCUT2D eigenvalue weighted by molar-refractivity contribution is -0.140. The average molecular weight is 642 g/mol. The zero-order valence-electron chi connectivity index (χ0n) is 27.1. The van der Waals surface area contributed by atoms with Gasteiger partial charge in [0, 0.05) is 19.5 Å². The molecule has 4 rings (SSSR count). The number of anilines is 1. The Morgan fingerprint density at radius 2 is 1.41 bits per heavy atom. The Balaban J connectivity index is 1.82. The summed E-state index contributed by atoms with van der Waals surface area (Å²) in [5, 5.41) is 3.01. The number of rotatable bonds is 14. The number of carbonyl (C=O) groups is 2. The SMILES string of the molecule is COc1cccc(CN(C(=O)CN(c2cc(C)cc(C)c2)S(=O)(=O)c2ccccc2)[C@H](Cc2ccccc2)C(=O)NCC(C)C)c1. The van der Waals surface area contributed by atoms with Crippen molar-refractivity contribution in [3.05, 3.63) is 125 Å². The first-order valence-corrected chi connectivity index (χ1v) is 16.8. The number of benzene rings is 4. The lowest BCUT2D eigenvalue weighted by Crippen LogP contribution is -2.53. The van der Waals surface area contributed by atoms with Crippen molar-refractivity contribution in [2.24, 2.45) is 5.92 Å². The summed E-state index contributed by atoms with van der Waals surface area (Å²) in [6.45, 7) is 7.76. The number of nitrogens with one attached hydrogen (secondary N) is 1. The van der Waals surface area contributed by atoms with Gasteiger partial charge in [0.1, 0.15) is 18.3 Å². The highest BCUT2D eigenvalue weighted by atomic mass is 32.2. The predicted octanol–water partition coefficient (Wildman–Crippen LogP) is 5.92. The van der Waals surface area contributed by atoms with Crippen LogP contribution in [0.15, 0.2) is 108 Å². The van der Waals surface area contributed by atoms with Crippen LogP contribution in [0.4, 0.5) is 5.69 Å². The maximum absolute atomic E-state index is 14.6. The highest BCUT2D eigenvalue weighted by Crippen LogP contribution is 2.27. The predicted molar refractivity (Wildman–Crippen MR) is 182 cm³/mol. The number of hydrogen-bond donors (Lipinski definition) is 1. The maximum Gasteiger partial charge on any atom is 0.264 e. The molecule has 1 atom stereocenters. The van der Waals surface area contributed by atoms with E-state index in [1.165, 1.54) is 17.0 Å². The van der Waals surface area contributed by atoms with Gasteiger partial charge < -0.3 is 15.0 Å². The van der Waals surface area contributed by atoms with Gasteiger partial charge in [-0.05, 0) is 78.4 Å². The number of amides is 2. The van der Waals surface area contributed by atoms with Crippen molar-refractivity contribution >= 4 is 27.5 Å². The number of aryl methyl sites for hydroxylation is 2. The molecule has 0 radical (unpaired) electrons. The van der Waals surface area contributed by atoms with Crippen molar-refractivity contribution < 1.29 is 22.7 Å². The first-order chi connectivity index (χ1) is 22.0. The number of hydrogen-bond acceptors (Lipinski definition) is 5. The van der Waals surface area contributed by atoms with Crippen molar-refractivity contribution in [1.29, 1.82) is 0 Å². The summed E-state index contributed by atoms with van der Waals surface area (Å²) < 4.78 is 35.0. The summed E-state index contributed by atoms with van der Waals surface area (Å²) in [6, 6.07) is 29.4. The molecule has 46 heavy (non-hydrogen) atoms. The number of sulfonamides is 1. The maximum atomic E-state index is 14.6. The van der Waals surface area contributed by atoms with Crippen LogP contribution in [0.5, 0.6) is 5.75 Å². The van der Waals surface area contributed by atoms with Gasteiger partial charge in [-0.25, -0.2) is 8.42 Å². The fourth-order valence-corrected chi connectivity index (χ4v) is 6.71. The second-order valence-corrected chi connectivity index (χ2v) is 13.8. The molecule has 4 aromatic carbocycles. The minimum Gasteiger partial charge on any atom is -0.497 e. The molecule has 242 valence electrons. The highest BCUT2D eigenvalue weighted by Gasteiger charge is 2.34. The van der Waals surface area contributed by atoms with Gasteiger partial charge in [-0.1, -0.05) is 80.6 Å². The van der Waals surface area contributed by atoms with E-state index in [9.17, 15) is 18.0 Å². The van der Waals surface area contributed by atoms with Crippen molar-refractivity contribution in [3.8, 4) is 5.75 Å². The summed E-state index contributed by atoms with van der Waals surface area (Å²) in [5.41, 5.74) is 3.71. The zero-order valence-corrected chi connectivity index (χ0v) is 28.0. The van der Waals surface area contributed by atoms with Crippen LogP contribution in [-0.2, 0) is 32.6 Å². The number of carbonyl (C=O) groups excluding carboxylic acids is 2. The van der Waals surface area contributed by atoms with Gasteiger partial charge in [0.2, 0.25) is 11.8 Å². The summed E-state index contributed by atoms with van der Waals surface area (Å²) >= 11 is 0. The molecule has 0 heterocycles. The summed E-state index contributed by atoms with van der Waals surface area (Å²) in [5.74, 6) is -0.0167. The van der Waals surface area contributed by atoms with Gasteiger partial charge in [0.05, 0.1) is 17.7 Å².